The van der Waals surface area contributed by atoms with Crippen LogP contribution in [0.25, 0.3) is 0 Å². The third kappa shape index (κ3) is 3.92. The van der Waals surface area contributed by atoms with Crippen LogP contribution in [0.3, 0.4) is 0 Å². The highest BCUT2D eigenvalue weighted by Gasteiger charge is 2.50. The summed E-state index contributed by atoms with van der Waals surface area (Å²) in [4.78, 5) is 12.1. The molecule has 0 aromatic heterocycles. The van der Waals surface area contributed by atoms with Gasteiger partial charge >= 0.3 is 6.09 Å². The smallest absolute Gasteiger partial charge is 0.407 e. The Kier molecular flexibility index (Phi) is 5.59. The average Bonchev–Trinajstić information content (AvgIpc) is 3.03. The van der Waals surface area contributed by atoms with E-state index in [-0.39, 0.29) is 16.9 Å². The Bertz CT molecular complexity index is 545. The van der Waals surface area contributed by atoms with Crippen molar-refractivity contribution in [1.29, 1.82) is 0 Å². The van der Waals surface area contributed by atoms with Crippen LogP contribution < -0.4 is 11.1 Å². The molecule has 1 aromatic rings. The van der Waals surface area contributed by atoms with E-state index in [1.54, 1.807) is 0 Å². The maximum absolute atomic E-state index is 12.1. The molecule has 1 unspecified atom stereocenters. The molecule has 1 fully saturated rings. The molecule has 1 aliphatic carbocycles. The second kappa shape index (κ2) is 7.14. The SMILES string of the molecule is CC(C)(C)OC(=O)NCC(C)(CN)C1(c2ccccc2)CCCC1. The number of nitrogens with two attached hydrogens (primary N) is 1. The third-order valence-corrected chi connectivity index (χ3v) is 5.41. The van der Waals surface area contributed by atoms with E-state index in [0.29, 0.717) is 13.1 Å². The first kappa shape index (κ1) is 18.8. The van der Waals surface area contributed by atoms with E-state index in [1.807, 2.05) is 26.8 Å². The van der Waals surface area contributed by atoms with Crippen molar-refractivity contribution in [3.05, 3.63) is 35.9 Å². The molecule has 24 heavy (non-hydrogen) atoms. The number of amides is 1. The molecule has 1 amide bonds. The minimum atomic E-state index is -0.492. The lowest BCUT2D eigenvalue weighted by atomic mass is 9.59. The molecular formula is C20H32N2O2. The maximum Gasteiger partial charge on any atom is 0.407 e. The van der Waals surface area contributed by atoms with Crippen molar-refractivity contribution in [3.63, 3.8) is 0 Å². The Morgan fingerprint density at radius 1 is 1.17 bits per heavy atom. The van der Waals surface area contributed by atoms with Gasteiger partial charge < -0.3 is 15.8 Å². The van der Waals surface area contributed by atoms with Crippen LogP contribution in [0, 0.1) is 5.41 Å². The molecule has 0 bridgehead atoms. The zero-order chi connectivity index (χ0) is 17.8. The molecule has 1 saturated carbocycles. The molecule has 3 N–H and O–H groups in total. The third-order valence-electron chi connectivity index (χ3n) is 5.41. The lowest BCUT2D eigenvalue weighted by Gasteiger charge is -2.47. The number of nitrogens with one attached hydrogen (secondary N) is 1. The molecule has 2 rings (SSSR count). The minimum absolute atomic E-state index is 0.0119. The number of benzene rings is 1. The van der Waals surface area contributed by atoms with Crippen molar-refractivity contribution in [2.75, 3.05) is 13.1 Å². The van der Waals surface area contributed by atoms with Gasteiger partial charge in [0.05, 0.1) is 0 Å². The largest absolute Gasteiger partial charge is 0.444 e. The fraction of sp³-hybridized carbons (Fsp3) is 0.650. The van der Waals surface area contributed by atoms with E-state index < -0.39 is 5.60 Å². The summed E-state index contributed by atoms with van der Waals surface area (Å²) >= 11 is 0. The normalized spacial score (nSPS) is 19.5. The van der Waals surface area contributed by atoms with Gasteiger partial charge in [-0.2, -0.15) is 0 Å². The van der Waals surface area contributed by atoms with Crippen molar-refractivity contribution in [2.45, 2.75) is 64.4 Å². The fourth-order valence-electron chi connectivity index (χ4n) is 3.99. The molecule has 0 aliphatic heterocycles. The number of carbonyl (C=O) groups excluding carboxylic acids is 1. The molecule has 1 aliphatic rings. The monoisotopic (exact) mass is 332 g/mol. The number of rotatable bonds is 5. The van der Waals surface area contributed by atoms with Gasteiger partial charge in [-0.15, -0.1) is 0 Å². The van der Waals surface area contributed by atoms with Gasteiger partial charge in [-0.25, -0.2) is 4.79 Å². The van der Waals surface area contributed by atoms with E-state index in [4.69, 9.17) is 10.5 Å². The first-order chi connectivity index (χ1) is 11.2. The van der Waals surface area contributed by atoms with E-state index >= 15 is 0 Å². The first-order valence-corrected chi connectivity index (χ1v) is 8.95. The standard InChI is InChI=1S/C20H32N2O2/c1-18(2,3)24-17(23)22-15-19(4,14-21)20(12-8-9-13-20)16-10-6-5-7-11-16/h5-7,10-11H,8-9,12-15,21H2,1-4H3,(H,22,23). The predicted octanol–water partition coefficient (Wildman–Crippen LogP) is 3.99. The summed E-state index contributed by atoms with van der Waals surface area (Å²) in [5.41, 5.74) is 6.88. The van der Waals surface area contributed by atoms with Crippen LogP contribution in [0.1, 0.15) is 58.9 Å². The summed E-state index contributed by atoms with van der Waals surface area (Å²) in [7, 11) is 0. The van der Waals surface area contributed by atoms with Crippen LogP contribution in [0.2, 0.25) is 0 Å². The van der Waals surface area contributed by atoms with Gasteiger partial charge in [-0.05, 0) is 39.2 Å². The Labute approximate surface area is 146 Å². The molecule has 4 heteroatoms. The fourth-order valence-corrected chi connectivity index (χ4v) is 3.99. The van der Waals surface area contributed by atoms with Crippen LogP contribution in [0.15, 0.2) is 30.3 Å². The van der Waals surface area contributed by atoms with Gasteiger partial charge in [-0.3, -0.25) is 0 Å². The molecule has 1 aromatic carbocycles. The average molecular weight is 332 g/mol. The quantitative estimate of drug-likeness (QED) is 0.857. The molecule has 0 radical (unpaired) electrons. The van der Waals surface area contributed by atoms with Gasteiger partial charge in [0.15, 0.2) is 0 Å². The van der Waals surface area contributed by atoms with Gasteiger partial charge in [0.1, 0.15) is 5.60 Å². The van der Waals surface area contributed by atoms with Gasteiger partial charge in [0.25, 0.3) is 0 Å². The number of ether oxygens (including phenoxy) is 1. The van der Waals surface area contributed by atoms with Crippen LogP contribution >= 0.6 is 0 Å². The van der Waals surface area contributed by atoms with E-state index in [2.05, 4.69) is 36.5 Å². The number of hydrogen-bond acceptors (Lipinski definition) is 3. The summed E-state index contributed by atoms with van der Waals surface area (Å²) < 4.78 is 5.39. The lowest BCUT2D eigenvalue weighted by Crippen LogP contribution is -2.53. The lowest BCUT2D eigenvalue weighted by molar-refractivity contribution is 0.0468. The Hall–Kier alpha value is -1.55. The molecule has 0 saturated heterocycles. The summed E-state index contributed by atoms with van der Waals surface area (Å²) in [6, 6.07) is 10.6. The summed E-state index contributed by atoms with van der Waals surface area (Å²) in [5.74, 6) is 0. The predicted molar refractivity (Wildman–Crippen MR) is 98.0 cm³/mol. The van der Waals surface area contributed by atoms with Crippen LogP contribution in [0.4, 0.5) is 4.79 Å². The number of carbonyl (C=O) groups is 1. The highest BCUT2D eigenvalue weighted by Crippen LogP contribution is 2.52. The second-order valence-electron chi connectivity index (χ2n) is 8.28. The van der Waals surface area contributed by atoms with Gasteiger partial charge in [0, 0.05) is 23.9 Å². The van der Waals surface area contributed by atoms with Crippen LogP contribution in [-0.2, 0) is 10.2 Å². The van der Waals surface area contributed by atoms with Crippen molar-refractivity contribution < 1.29 is 9.53 Å². The zero-order valence-corrected chi connectivity index (χ0v) is 15.5. The van der Waals surface area contributed by atoms with Crippen LogP contribution in [-0.4, -0.2) is 24.8 Å². The topological polar surface area (TPSA) is 64.3 Å². The maximum atomic E-state index is 12.1. The minimum Gasteiger partial charge on any atom is -0.444 e. The summed E-state index contributed by atoms with van der Waals surface area (Å²) in [6.07, 6.45) is 4.26. The highest BCUT2D eigenvalue weighted by atomic mass is 16.6. The van der Waals surface area contributed by atoms with E-state index in [1.165, 1.54) is 18.4 Å². The number of alkyl carbamates (subject to hydrolysis) is 1. The molecule has 0 heterocycles. The number of hydrogen-bond donors (Lipinski definition) is 2. The van der Waals surface area contributed by atoms with Crippen molar-refractivity contribution in [3.8, 4) is 0 Å². The summed E-state index contributed by atoms with van der Waals surface area (Å²) in [5, 5.41) is 2.96. The molecule has 4 nitrogen and oxygen atoms in total. The highest BCUT2D eigenvalue weighted by molar-refractivity contribution is 5.67. The van der Waals surface area contributed by atoms with Crippen molar-refractivity contribution >= 4 is 6.09 Å². The van der Waals surface area contributed by atoms with Gasteiger partial charge in [-0.1, -0.05) is 50.1 Å². The van der Waals surface area contributed by atoms with Crippen molar-refractivity contribution in [2.24, 2.45) is 11.1 Å². The van der Waals surface area contributed by atoms with E-state index in [0.717, 1.165) is 12.8 Å². The Morgan fingerprint density at radius 2 is 1.75 bits per heavy atom. The van der Waals surface area contributed by atoms with Crippen LogP contribution in [0.5, 0.6) is 0 Å². The Balaban J connectivity index is 2.21. The molecule has 0 spiro atoms. The molecular weight excluding hydrogens is 300 g/mol. The molecule has 1 atom stereocenters. The Morgan fingerprint density at radius 3 is 2.25 bits per heavy atom. The van der Waals surface area contributed by atoms with Gasteiger partial charge in [0.2, 0.25) is 0 Å². The van der Waals surface area contributed by atoms with E-state index in [9.17, 15) is 4.79 Å². The zero-order valence-electron chi connectivity index (χ0n) is 15.5. The second-order valence-corrected chi connectivity index (χ2v) is 8.28. The van der Waals surface area contributed by atoms with Crippen molar-refractivity contribution in [1.82, 2.24) is 5.32 Å². The first-order valence-electron chi connectivity index (χ1n) is 8.95. The summed E-state index contributed by atoms with van der Waals surface area (Å²) in [6.45, 7) is 8.86. The molecule has 134 valence electrons.